The Morgan fingerprint density at radius 3 is 2.35 bits per heavy atom. The number of hydrogen-bond donors (Lipinski definition) is 1. The zero-order valence-corrected chi connectivity index (χ0v) is 15.9. The lowest BCUT2D eigenvalue weighted by molar-refractivity contribution is 0.0526. The topological polar surface area (TPSA) is 56.8 Å². The predicted molar refractivity (Wildman–Crippen MR) is 103 cm³/mol. The Kier molecular flexibility index (Phi) is 7.33. The number of esters is 1. The molecule has 0 radical (unpaired) electrons. The van der Waals surface area contributed by atoms with E-state index in [0.717, 1.165) is 22.7 Å². The van der Waals surface area contributed by atoms with E-state index in [9.17, 15) is 4.79 Å². The zero-order chi connectivity index (χ0) is 18.9. The Bertz CT molecular complexity index is 710. The minimum atomic E-state index is -0.304. The average molecular weight is 357 g/mol. The van der Waals surface area contributed by atoms with Crippen LogP contribution in [-0.2, 0) is 11.3 Å². The monoisotopic (exact) mass is 357 g/mol. The second-order valence-electron chi connectivity index (χ2n) is 6.03. The van der Waals surface area contributed by atoms with Gasteiger partial charge in [-0.05, 0) is 69.7 Å². The van der Waals surface area contributed by atoms with Crippen LogP contribution < -0.4 is 14.8 Å². The molecule has 0 unspecified atom stereocenters. The second kappa shape index (κ2) is 9.70. The summed E-state index contributed by atoms with van der Waals surface area (Å²) >= 11 is 0. The summed E-state index contributed by atoms with van der Waals surface area (Å²) in [5.41, 5.74) is 2.56. The number of carbonyl (C=O) groups is 1. The summed E-state index contributed by atoms with van der Waals surface area (Å²) in [6.07, 6.45) is 0.0936. The van der Waals surface area contributed by atoms with E-state index in [2.05, 4.69) is 5.32 Å². The van der Waals surface area contributed by atoms with Gasteiger partial charge in [0.05, 0.1) is 24.9 Å². The first kappa shape index (κ1) is 19.6. The Balaban J connectivity index is 2.02. The van der Waals surface area contributed by atoms with Gasteiger partial charge in [-0.25, -0.2) is 4.79 Å². The summed E-state index contributed by atoms with van der Waals surface area (Å²) in [6, 6.07) is 13.2. The van der Waals surface area contributed by atoms with Crippen molar-refractivity contribution in [1.82, 2.24) is 0 Å². The summed E-state index contributed by atoms with van der Waals surface area (Å²) in [6.45, 7) is 9.33. The fraction of sp³-hybridized carbons (Fsp3) is 0.381. The summed E-state index contributed by atoms with van der Waals surface area (Å²) in [5.74, 6) is 1.20. The molecule has 2 aromatic rings. The highest BCUT2D eigenvalue weighted by Crippen LogP contribution is 2.29. The van der Waals surface area contributed by atoms with E-state index in [-0.39, 0.29) is 12.1 Å². The zero-order valence-electron chi connectivity index (χ0n) is 15.9. The van der Waals surface area contributed by atoms with E-state index in [4.69, 9.17) is 14.2 Å². The lowest BCUT2D eigenvalue weighted by Crippen LogP contribution is -2.08. The van der Waals surface area contributed by atoms with Crippen molar-refractivity contribution in [3.63, 3.8) is 0 Å². The van der Waals surface area contributed by atoms with Crippen LogP contribution in [0.5, 0.6) is 11.5 Å². The normalized spacial score (nSPS) is 10.5. The van der Waals surface area contributed by atoms with Crippen molar-refractivity contribution in [2.45, 2.75) is 40.3 Å². The van der Waals surface area contributed by atoms with Crippen molar-refractivity contribution in [3.8, 4) is 11.5 Å². The largest absolute Gasteiger partial charge is 0.490 e. The van der Waals surface area contributed by atoms with Crippen LogP contribution >= 0.6 is 0 Å². The molecule has 5 heteroatoms. The van der Waals surface area contributed by atoms with E-state index >= 15 is 0 Å². The molecule has 0 aliphatic heterocycles. The van der Waals surface area contributed by atoms with Gasteiger partial charge >= 0.3 is 5.97 Å². The van der Waals surface area contributed by atoms with Gasteiger partial charge in [-0.2, -0.15) is 0 Å². The van der Waals surface area contributed by atoms with Crippen LogP contribution in [0.4, 0.5) is 5.69 Å². The molecule has 0 fully saturated rings. The summed E-state index contributed by atoms with van der Waals surface area (Å²) in [7, 11) is 0. The molecule has 26 heavy (non-hydrogen) atoms. The molecule has 5 nitrogen and oxygen atoms in total. The maximum Gasteiger partial charge on any atom is 0.338 e. The van der Waals surface area contributed by atoms with Gasteiger partial charge in [-0.1, -0.05) is 6.07 Å². The number of hydrogen-bond acceptors (Lipinski definition) is 5. The molecule has 2 aromatic carbocycles. The first-order valence-corrected chi connectivity index (χ1v) is 8.96. The van der Waals surface area contributed by atoms with E-state index in [1.54, 1.807) is 19.1 Å². The molecule has 0 atom stereocenters. The second-order valence-corrected chi connectivity index (χ2v) is 6.03. The van der Waals surface area contributed by atoms with Gasteiger partial charge in [0.25, 0.3) is 0 Å². The molecule has 0 spiro atoms. The van der Waals surface area contributed by atoms with Gasteiger partial charge < -0.3 is 19.5 Å². The summed E-state index contributed by atoms with van der Waals surface area (Å²) in [5, 5.41) is 3.34. The van der Waals surface area contributed by atoms with E-state index in [1.807, 2.05) is 51.1 Å². The van der Waals surface area contributed by atoms with Gasteiger partial charge in [-0.15, -0.1) is 0 Å². The first-order chi connectivity index (χ1) is 12.5. The summed E-state index contributed by atoms with van der Waals surface area (Å²) < 4.78 is 16.5. The van der Waals surface area contributed by atoms with Crippen LogP contribution in [0.1, 0.15) is 43.6 Å². The highest BCUT2D eigenvalue weighted by Gasteiger charge is 2.09. The molecule has 0 amide bonds. The fourth-order valence-corrected chi connectivity index (χ4v) is 2.42. The standard InChI is InChI=1S/C21H27NO4/c1-5-24-20-13-16(7-12-19(20)26-15(3)4)14-22-18-10-8-17(9-11-18)21(23)25-6-2/h7-13,15,22H,5-6,14H2,1-4H3. The Morgan fingerprint density at radius 2 is 1.73 bits per heavy atom. The quantitative estimate of drug-likeness (QED) is 0.662. The minimum Gasteiger partial charge on any atom is -0.490 e. The van der Waals surface area contributed by atoms with Crippen LogP contribution in [0.25, 0.3) is 0 Å². The molecule has 1 N–H and O–H groups in total. The lowest BCUT2D eigenvalue weighted by atomic mass is 10.1. The average Bonchev–Trinajstić information content (AvgIpc) is 2.62. The van der Waals surface area contributed by atoms with Crippen molar-refractivity contribution in [2.75, 3.05) is 18.5 Å². The molecular weight excluding hydrogens is 330 g/mol. The fourth-order valence-electron chi connectivity index (χ4n) is 2.42. The van der Waals surface area contributed by atoms with Crippen molar-refractivity contribution < 1.29 is 19.0 Å². The molecule has 0 saturated carbocycles. The van der Waals surface area contributed by atoms with Crippen LogP contribution in [0, 0.1) is 0 Å². The van der Waals surface area contributed by atoms with Gasteiger partial charge in [0.15, 0.2) is 11.5 Å². The van der Waals surface area contributed by atoms with Crippen LogP contribution in [0.2, 0.25) is 0 Å². The maximum absolute atomic E-state index is 11.7. The highest BCUT2D eigenvalue weighted by molar-refractivity contribution is 5.89. The van der Waals surface area contributed by atoms with Gasteiger partial charge in [0.1, 0.15) is 0 Å². The molecule has 0 aliphatic rings. The lowest BCUT2D eigenvalue weighted by Gasteiger charge is -2.16. The highest BCUT2D eigenvalue weighted by atomic mass is 16.5. The predicted octanol–water partition coefficient (Wildman–Crippen LogP) is 4.66. The van der Waals surface area contributed by atoms with Gasteiger partial charge in [-0.3, -0.25) is 0 Å². The number of rotatable bonds is 9. The molecule has 0 heterocycles. The van der Waals surface area contributed by atoms with E-state index in [1.165, 1.54) is 0 Å². The third kappa shape index (κ3) is 5.69. The van der Waals surface area contributed by atoms with Crippen LogP contribution in [0.15, 0.2) is 42.5 Å². The number of ether oxygens (including phenoxy) is 3. The molecular formula is C21H27NO4. The van der Waals surface area contributed by atoms with Crippen LogP contribution in [0.3, 0.4) is 0 Å². The first-order valence-electron chi connectivity index (χ1n) is 8.96. The number of nitrogens with one attached hydrogen (secondary N) is 1. The third-order valence-electron chi connectivity index (χ3n) is 3.56. The maximum atomic E-state index is 11.7. The Labute approximate surface area is 155 Å². The number of anilines is 1. The third-order valence-corrected chi connectivity index (χ3v) is 3.56. The molecule has 0 aliphatic carbocycles. The van der Waals surface area contributed by atoms with Crippen molar-refractivity contribution >= 4 is 11.7 Å². The van der Waals surface area contributed by atoms with Gasteiger partial charge in [0.2, 0.25) is 0 Å². The molecule has 140 valence electrons. The summed E-state index contributed by atoms with van der Waals surface area (Å²) in [4.78, 5) is 11.7. The molecule has 0 saturated heterocycles. The number of carbonyl (C=O) groups excluding carboxylic acids is 1. The Hall–Kier alpha value is -2.69. The van der Waals surface area contributed by atoms with E-state index < -0.39 is 0 Å². The molecule has 0 bridgehead atoms. The van der Waals surface area contributed by atoms with Crippen molar-refractivity contribution in [1.29, 1.82) is 0 Å². The minimum absolute atomic E-state index is 0.0936. The smallest absolute Gasteiger partial charge is 0.338 e. The molecule has 0 aromatic heterocycles. The van der Waals surface area contributed by atoms with Crippen LogP contribution in [-0.4, -0.2) is 25.3 Å². The van der Waals surface area contributed by atoms with E-state index in [0.29, 0.717) is 25.3 Å². The SMILES string of the molecule is CCOC(=O)c1ccc(NCc2ccc(OC(C)C)c(OCC)c2)cc1. The molecule has 2 rings (SSSR count). The van der Waals surface area contributed by atoms with Crippen molar-refractivity contribution in [2.24, 2.45) is 0 Å². The number of benzene rings is 2. The van der Waals surface area contributed by atoms with Crippen molar-refractivity contribution in [3.05, 3.63) is 53.6 Å². The van der Waals surface area contributed by atoms with Gasteiger partial charge in [0, 0.05) is 12.2 Å². The Morgan fingerprint density at radius 1 is 1.00 bits per heavy atom.